The number of para-hydroxylation sites is 2. The highest BCUT2D eigenvalue weighted by molar-refractivity contribution is 7.12. The van der Waals surface area contributed by atoms with Crippen LogP contribution in [0.1, 0.15) is 15.2 Å². The van der Waals surface area contributed by atoms with Crippen LogP contribution in [0.15, 0.2) is 101 Å². The molecule has 2 heterocycles. The predicted octanol–water partition coefficient (Wildman–Crippen LogP) is 6.09. The Labute approximate surface area is 228 Å². The van der Waals surface area contributed by atoms with Gasteiger partial charge in [0.1, 0.15) is 4.88 Å². The highest BCUT2D eigenvalue weighted by Gasteiger charge is 2.13. The van der Waals surface area contributed by atoms with E-state index in [9.17, 15) is 4.79 Å². The molecule has 0 spiro atoms. The number of rotatable bonds is 10. The summed E-state index contributed by atoms with van der Waals surface area (Å²) in [4.78, 5) is 26.1. The van der Waals surface area contributed by atoms with E-state index in [4.69, 9.17) is 9.47 Å². The van der Waals surface area contributed by atoms with E-state index in [2.05, 4.69) is 36.1 Å². The summed E-state index contributed by atoms with van der Waals surface area (Å²) in [5, 5.41) is 12.4. The summed E-state index contributed by atoms with van der Waals surface area (Å²) in [6.07, 6.45) is 1.58. The molecular formula is C28H23N7O3S. The monoisotopic (exact) mass is 537 g/mol. The molecule has 0 aliphatic rings. The molecule has 0 fully saturated rings. The molecule has 3 N–H and O–H groups in total. The average Bonchev–Trinajstić information content (AvgIpc) is 3.50. The van der Waals surface area contributed by atoms with Crippen molar-refractivity contribution < 1.29 is 14.3 Å². The van der Waals surface area contributed by atoms with Gasteiger partial charge >= 0.3 is 5.97 Å². The van der Waals surface area contributed by atoms with E-state index in [0.29, 0.717) is 33.8 Å². The topological polar surface area (TPSA) is 123 Å². The molecule has 11 heteroatoms. The van der Waals surface area contributed by atoms with Gasteiger partial charge in [-0.3, -0.25) is 0 Å². The van der Waals surface area contributed by atoms with E-state index >= 15 is 0 Å². The van der Waals surface area contributed by atoms with Crippen LogP contribution in [0, 0.1) is 0 Å². The maximum atomic E-state index is 12.3. The van der Waals surface area contributed by atoms with Crippen LogP contribution in [0.3, 0.4) is 0 Å². The van der Waals surface area contributed by atoms with Crippen LogP contribution >= 0.6 is 11.3 Å². The van der Waals surface area contributed by atoms with Crippen LogP contribution in [-0.4, -0.2) is 34.2 Å². The van der Waals surface area contributed by atoms with Gasteiger partial charge in [0.25, 0.3) is 0 Å². The lowest BCUT2D eigenvalue weighted by Gasteiger charge is -2.10. The van der Waals surface area contributed by atoms with Crippen molar-refractivity contribution in [1.82, 2.24) is 15.0 Å². The van der Waals surface area contributed by atoms with Crippen molar-refractivity contribution in [3.63, 3.8) is 0 Å². The number of ether oxygens (including phenoxy) is 2. The molecule has 0 saturated carbocycles. The van der Waals surface area contributed by atoms with Gasteiger partial charge in [-0.05, 0) is 59.5 Å². The number of carbonyl (C=O) groups is 1. The van der Waals surface area contributed by atoms with Crippen molar-refractivity contribution in [2.75, 3.05) is 23.2 Å². The third-order valence-electron chi connectivity index (χ3n) is 5.19. The number of benzene rings is 3. The van der Waals surface area contributed by atoms with Gasteiger partial charge in [0.2, 0.25) is 17.8 Å². The summed E-state index contributed by atoms with van der Waals surface area (Å²) in [5.74, 6) is 1.17. The second-order valence-corrected chi connectivity index (χ2v) is 8.88. The van der Waals surface area contributed by atoms with Gasteiger partial charge in [0, 0.05) is 11.4 Å². The number of hydrogen-bond donors (Lipinski definition) is 3. The third kappa shape index (κ3) is 6.93. The number of esters is 1. The molecule has 0 amide bonds. The fraction of sp³-hybridized carbons (Fsp3) is 0.0357. The summed E-state index contributed by atoms with van der Waals surface area (Å²) in [6, 6.07) is 27.8. The average molecular weight is 538 g/mol. The summed E-state index contributed by atoms with van der Waals surface area (Å²) in [7, 11) is 1.50. The van der Waals surface area contributed by atoms with Crippen LogP contribution in [-0.2, 0) is 0 Å². The molecule has 194 valence electrons. The standard InChI is InChI=1S/C28H23N7O3S/c1-37-23-17-19(14-15-22(23)38-25(36)24-13-8-16-39-24)18-29-35-28-33-26(30-20-9-4-2-5-10-20)32-27(34-28)31-21-11-6-3-7-12-21/h2-18H,1H3,(H3,30,31,32,33,34,35)/b29-18+. The number of carbonyl (C=O) groups excluding carboxylic acids is 1. The van der Waals surface area contributed by atoms with Crippen molar-refractivity contribution in [1.29, 1.82) is 0 Å². The van der Waals surface area contributed by atoms with Crippen LogP contribution in [0.4, 0.5) is 29.2 Å². The van der Waals surface area contributed by atoms with Crippen LogP contribution in [0.2, 0.25) is 0 Å². The van der Waals surface area contributed by atoms with Gasteiger partial charge in [0.05, 0.1) is 13.3 Å². The maximum absolute atomic E-state index is 12.3. The second-order valence-electron chi connectivity index (χ2n) is 7.94. The summed E-state index contributed by atoms with van der Waals surface area (Å²) < 4.78 is 10.9. The number of hydrogen-bond acceptors (Lipinski definition) is 11. The number of anilines is 5. The molecule has 0 saturated heterocycles. The lowest BCUT2D eigenvalue weighted by atomic mass is 10.2. The zero-order valence-corrected chi connectivity index (χ0v) is 21.6. The van der Waals surface area contributed by atoms with Crippen molar-refractivity contribution in [3.8, 4) is 11.5 Å². The van der Waals surface area contributed by atoms with Gasteiger partial charge in [-0.15, -0.1) is 11.3 Å². The summed E-state index contributed by atoms with van der Waals surface area (Å²) in [6.45, 7) is 0. The number of thiophene rings is 1. The summed E-state index contributed by atoms with van der Waals surface area (Å²) >= 11 is 1.31. The minimum Gasteiger partial charge on any atom is -0.493 e. The first kappa shape index (κ1) is 25.4. The molecule has 0 bridgehead atoms. The molecule has 0 atom stereocenters. The Morgan fingerprint density at radius 2 is 1.44 bits per heavy atom. The highest BCUT2D eigenvalue weighted by atomic mass is 32.1. The Morgan fingerprint density at radius 1 is 0.795 bits per heavy atom. The largest absolute Gasteiger partial charge is 0.493 e. The molecule has 3 aromatic carbocycles. The molecule has 0 radical (unpaired) electrons. The van der Waals surface area contributed by atoms with E-state index in [1.807, 2.05) is 66.0 Å². The second kappa shape index (κ2) is 12.3. The van der Waals surface area contributed by atoms with Crippen molar-refractivity contribution >= 4 is 52.7 Å². The lowest BCUT2D eigenvalue weighted by molar-refractivity contribution is 0.0735. The van der Waals surface area contributed by atoms with Gasteiger partial charge < -0.3 is 20.1 Å². The predicted molar refractivity (Wildman–Crippen MR) is 153 cm³/mol. The fourth-order valence-corrected chi connectivity index (χ4v) is 4.00. The zero-order valence-electron chi connectivity index (χ0n) is 20.7. The van der Waals surface area contributed by atoms with E-state index < -0.39 is 5.97 Å². The maximum Gasteiger partial charge on any atom is 0.353 e. The lowest BCUT2D eigenvalue weighted by Crippen LogP contribution is -2.08. The van der Waals surface area contributed by atoms with Gasteiger partial charge in [-0.2, -0.15) is 20.1 Å². The Balaban J connectivity index is 1.32. The molecule has 0 aliphatic carbocycles. The Bertz CT molecular complexity index is 1500. The number of nitrogens with zero attached hydrogens (tertiary/aromatic N) is 4. The van der Waals surface area contributed by atoms with E-state index in [1.54, 1.807) is 36.5 Å². The number of methoxy groups -OCH3 is 1. The summed E-state index contributed by atoms with van der Waals surface area (Å²) in [5.41, 5.74) is 5.21. The Kier molecular flexibility index (Phi) is 8.00. The van der Waals surface area contributed by atoms with Crippen molar-refractivity contribution in [2.45, 2.75) is 0 Å². The Morgan fingerprint density at radius 3 is 2.03 bits per heavy atom. The molecule has 5 rings (SSSR count). The SMILES string of the molecule is COc1cc(/C=N/Nc2nc(Nc3ccccc3)nc(Nc3ccccc3)n2)ccc1OC(=O)c1cccs1. The van der Waals surface area contributed by atoms with Gasteiger partial charge in [-0.25, -0.2) is 10.2 Å². The van der Waals surface area contributed by atoms with Gasteiger partial charge in [0.15, 0.2) is 11.5 Å². The van der Waals surface area contributed by atoms with E-state index in [0.717, 1.165) is 11.4 Å². The van der Waals surface area contributed by atoms with E-state index in [1.165, 1.54) is 18.4 Å². The first-order valence-corrected chi connectivity index (χ1v) is 12.7. The molecule has 0 unspecified atom stereocenters. The first-order valence-electron chi connectivity index (χ1n) is 11.8. The smallest absolute Gasteiger partial charge is 0.353 e. The van der Waals surface area contributed by atoms with E-state index in [-0.39, 0.29) is 5.95 Å². The minimum atomic E-state index is -0.443. The van der Waals surface area contributed by atoms with Crippen molar-refractivity contribution in [2.24, 2.45) is 5.10 Å². The first-order chi connectivity index (χ1) is 19.2. The Hall–Kier alpha value is -5.29. The molecular weight excluding hydrogens is 514 g/mol. The molecule has 39 heavy (non-hydrogen) atoms. The highest BCUT2D eigenvalue weighted by Crippen LogP contribution is 2.29. The third-order valence-corrected chi connectivity index (χ3v) is 6.04. The number of hydrazone groups is 1. The zero-order chi connectivity index (χ0) is 26.9. The number of nitrogens with one attached hydrogen (secondary N) is 3. The number of aromatic nitrogens is 3. The van der Waals surface area contributed by atoms with Gasteiger partial charge in [-0.1, -0.05) is 42.5 Å². The van der Waals surface area contributed by atoms with Crippen LogP contribution < -0.4 is 25.5 Å². The normalized spacial score (nSPS) is 10.7. The molecule has 0 aliphatic heterocycles. The molecule has 10 nitrogen and oxygen atoms in total. The van der Waals surface area contributed by atoms with Crippen molar-refractivity contribution in [3.05, 3.63) is 107 Å². The quantitative estimate of drug-likeness (QED) is 0.0840. The molecule has 5 aromatic rings. The van der Waals surface area contributed by atoms with Crippen LogP contribution in [0.25, 0.3) is 0 Å². The molecule has 2 aromatic heterocycles. The fourth-order valence-electron chi connectivity index (χ4n) is 3.40. The minimum absolute atomic E-state index is 0.228. The van der Waals surface area contributed by atoms with Crippen LogP contribution in [0.5, 0.6) is 11.5 Å².